The van der Waals surface area contributed by atoms with Crippen LogP contribution in [0.2, 0.25) is 0 Å². The van der Waals surface area contributed by atoms with Crippen molar-refractivity contribution in [2.45, 2.75) is 45.6 Å². The van der Waals surface area contributed by atoms with E-state index < -0.39 is 5.60 Å². The summed E-state index contributed by atoms with van der Waals surface area (Å²) in [7, 11) is 0. The highest BCUT2D eigenvalue weighted by Crippen LogP contribution is 2.34. The number of nitrogens with one attached hydrogen (secondary N) is 1. The molecule has 0 saturated heterocycles. The molecule has 1 aromatic carbocycles. The maximum absolute atomic E-state index is 12.0. The number of hydrogen-bond acceptors (Lipinski definition) is 2. The van der Waals surface area contributed by atoms with E-state index in [1.54, 1.807) is 0 Å². The zero-order valence-corrected chi connectivity index (χ0v) is 12.5. The highest BCUT2D eigenvalue weighted by atomic mass is 16.6. The van der Waals surface area contributed by atoms with Crippen LogP contribution in [0.4, 0.5) is 10.5 Å². The quantitative estimate of drug-likeness (QED) is 0.806. The molecule has 3 nitrogen and oxygen atoms in total. The van der Waals surface area contributed by atoms with Gasteiger partial charge in [0.2, 0.25) is 0 Å². The summed E-state index contributed by atoms with van der Waals surface area (Å²) in [6, 6.07) is 9.38. The summed E-state index contributed by atoms with van der Waals surface area (Å²) in [5.74, 6) is 0.382. The molecular formula is C17H23NO2. The first-order chi connectivity index (χ1) is 9.47. The molecule has 1 atom stereocenters. The predicted octanol–water partition coefficient (Wildman–Crippen LogP) is 4.76. The molecule has 0 bridgehead atoms. The number of anilines is 1. The molecule has 2 rings (SSSR count). The molecule has 0 spiro atoms. The van der Waals surface area contributed by atoms with Crippen LogP contribution in [0.5, 0.6) is 0 Å². The van der Waals surface area contributed by atoms with Gasteiger partial charge in [0.25, 0.3) is 0 Å². The molecule has 0 heterocycles. The number of carbonyl (C=O) groups excluding carboxylic acids is 1. The number of benzene rings is 1. The lowest BCUT2D eigenvalue weighted by atomic mass is 9.79. The molecule has 1 unspecified atom stereocenters. The molecule has 1 aliphatic carbocycles. The topological polar surface area (TPSA) is 38.3 Å². The summed E-state index contributed by atoms with van der Waals surface area (Å²) < 4.78 is 5.64. The number of ether oxygens (including phenoxy) is 1. The molecule has 1 N–H and O–H groups in total. The fourth-order valence-corrected chi connectivity index (χ4v) is 2.58. The normalized spacial score (nSPS) is 19.1. The van der Waals surface area contributed by atoms with Gasteiger partial charge in [0.1, 0.15) is 5.60 Å². The Balaban J connectivity index is 1.92. The molecule has 108 valence electrons. The number of hydrogen-bond donors (Lipinski definition) is 1. The predicted molar refractivity (Wildman–Crippen MR) is 81.7 cm³/mol. The first-order valence-electron chi connectivity index (χ1n) is 7.18. The van der Waals surface area contributed by atoms with Crippen molar-refractivity contribution < 1.29 is 9.53 Å². The van der Waals surface area contributed by atoms with Crippen LogP contribution in [-0.4, -0.2) is 11.7 Å². The van der Waals surface area contributed by atoms with E-state index in [9.17, 15) is 4.79 Å². The second-order valence-electron chi connectivity index (χ2n) is 6.01. The minimum absolute atomic E-state index is 0.382. The minimum atomic E-state index is -0.448. The van der Waals surface area contributed by atoms with Gasteiger partial charge in [-0.1, -0.05) is 29.8 Å². The fourth-order valence-electron chi connectivity index (χ4n) is 2.58. The Bertz CT molecular complexity index is 491. The van der Waals surface area contributed by atoms with Crippen LogP contribution in [0.3, 0.4) is 0 Å². The summed E-state index contributed by atoms with van der Waals surface area (Å²) in [6.07, 6.45) is 5.03. The van der Waals surface area contributed by atoms with Gasteiger partial charge in [-0.05, 0) is 52.2 Å². The van der Waals surface area contributed by atoms with Crippen molar-refractivity contribution in [3.63, 3.8) is 0 Å². The molecule has 0 radical (unpaired) electrons. The monoisotopic (exact) mass is 273 g/mol. The van der Waals surface area contributed by atoms with Crippen LogP contribution in [0.15, 0.2) is 42.0 Å². The smallest absolute Gasteiger partial charge is 0.412 e. The lowest BCUT2D eigenvalue weighted by molar-refractivity contribution is -0.00232. The number of rotatable bonds is 3. The maximum Gasteiger partial charge on any atom is 0.412 e. The van der Waals surface area contributed by atoms with Gasteiger partial charge in [0, 0.05) is 11.6 Å². The summed E-state index contributed by atoms with van der Waals surface area (Å²) in [6.45, 7) is 6.15. The number of para-hydroxylation sites is 1. The van der Waals surface area contributed by atoms with Crippen molar-refractivity contribution in [1.29, 1.82) is 0 Å². The summed E-state index contributed by atoms with van der Waals surface area (Å²) in [5, 5.41) is 2.77. The molecule has 3 heteroatoms. The third-order valence-corrected chi connectivity index (χ3v) is 4.00. The number of carbonyl (C=O) groups is 1. The Morgan fingerprint density at radius 2 is 2.00 bits per heavy atom. The van der Waals surface area contributed by atoms with E-state index in [0.29, 0.717) is 5.92 Å². The highest BCUT2D eigenvalue weighted by Gasteiger charge is 2.33. The molecule has 1 amide bonds. The second kappa shape index (κ2) is 6.12. The molecule has 0 aromatic heterocycles. The Hall–Kier alpha value is -1.77. The van der Waals surface area contributed by atoms with Crippen LogP contribution < -0.4 is 5.32 Å². The zero-order chi connectivity index (χ0) is 14.6. The number of allylic oxidation sites excluding steroid dienone is 2. The van der Waals surface area contributed by atoms with E-state index in [1.807, 2.05) is 44.2 Å². The van der Waals surface area contributed by atoms with Gasteiger partial charge in [-0.3, -0.25) is 5.32 Å². The van der Waals surface area contributed by atoms with E-state index >= 15 is 0 Å². The Labute approximate surface area is 121 Å². The van der Waals surface area contributed by atoms with Crippen molar-refractivity contribution in [1.82, 2.24) is 0 Å². The van der Waals surface area contributed by atoms with Crippen LogP contribution in [0.1, 0.15) is 40.0 Å². The van der Waals surface area contributed by atoms with Crippen molar-refractivity contribution in [3.8, 4) is 0 Å². The van der Waals surface area contributed by atoms with Gasteiger partial charge in [0.05, 0.1) is 0 Å². The zero-order valence-electron chi connectivity index (χ0n) is 12.5. The maximum atomic E-state index is 12.0. The molecular weight excluding hydrogens is 250 g/mol. The summed E-state index contributed by atoms with van der Waals surface area (Å²) >= 11 is 0. The molecule has 0 fully saturated rings. The molecule has 20 heavy (non-hydrogen) atoms. The van der Waals surface area contributed by atoms with Gasteiger partial charge in [-0.25, -0.2) is 4.79 Å². The number of amides is 1. The van der Waals surface area contributed by atoms with Gasteiger partial charge in [-0.15, -0.1) is 0 Å². The van der Waals surface area contributed by atoms with Crippen LogP contribution >= 0.6 is 0 Å². The highest BCUT2D eigenvalue weighted by molar-refractivity contribution is 5.84. The third-order valence-electron chi connectivity index (χ3n) is 4.00. The second-order valence-corrected chi connectivity index (χ2v) is 6.01. The lowest BCUT2D eigenvalue weighted by Crippen LogP contribution is -2.38. The molecule has 0 saturated carbocycles. The minimum Gasteiger partial charge on any atom is -0.443 e. The van der Waals surface area contributed by atoms with Gasteiger partial charge in [-0.2, -0.15) is 0 Å². The average molecular weight is 273 g/mol. The van der Waals surface area contributed by atoms with Crippen LogP contribution in [-0.2, 0) is 4.74 Å². The lowest BCUT2D eigenvalue weighted by Gasteiger charge is -2.35. The van der Waals surface area contributed by atoms with Crippen molar-refractivity contribution in [3.05, 3.63) is 42.0 Å². The molecule has 0 aliphatic heterocycles. The van der Waals surface area contributed by atoms with Crippen molar-refractivity contribution in [2.24, 2.45) is 5.92 Å². The Morgan fingerprint density at radius 3 is 2.60 bits per heavy atom. The summed E-state index contributed by atoms with van der Waals surface area (Å²) in [5.41, 5.74) is 1.74. The van der Waals surface area contributed by atoms with Gasteiger partial charge < -0.3 is 4.74 Å². The summed E-state index contributed by atoms with van der Waals surface area (Å²) in [4.78, 5) is 12.0. The largest absolute Gasteiger partial charge is 0.443 e. The third kappa shape index (κ3) is 3.86. The van der Waals surface area contributed by atoms with Crippen molar-refractivity contribution in [2.75, 3.05) is 5.32 Å². The average Bonchev–Trinajstić information content (AvgIpc) is 2.39. The van der Waals surface area contributed by atoms with E-state index in [1.165, 1.54) is 5.57 Å². The van der Waals surface area contributed by atoms with Crippen LogP contribution in [0, 0.1) is 5.92 Å². The van der Waals surface area contributed by atoms with Gasteiger partial charge >= 0.3 is 6.09 Å². The van der Waals surface area contributed by atoms with E-state index in [2.05, 4.69) is 18.3 Å². The molecule has 1 aromatic rings. The van der Waals surface area contributed by atoms with E-state index in [0.717, 1.165) is 24.9 Å². The molecule has 1 aliphatic rings. The van der Waals surface area contributed by atoms with E-state index in [-0.39, 0.29) is 6.09 Å². The van der Waals surface area contributed by atoms with Crippen LogP contribution in [0.25, 0.3) is 0 Å². The first-order valence-corrected chi connectivity index (χ1v) is 7.18. The first kappa shape index (κ1) is 14.6. The Morgan fingerprint density at radius 1 is 1.30 bits per heavy atom. The van der Waals surface area contributed by atoms with Gasteiger partial charge in [0.15, 0.2) is 0 Å². The van der Waals surface area contributed by atoms with Crippen molar-refractivity contribution >= 4 is 11.8 Å². The standard InChI is InChI=1S/C17H23NO2/c1-13-9-11-14(12-10-13)17(2,3)20-16(19)18-15-7-5-4-6-8-15/h4-9,14H,10-12H2,1-3H3,(H,18,19). The SMILES string of the molecule is CC1=CCC(C(C)(C)OC(=O)Nc2ccccc2)CC1. The Kier molecular flexibility index (Phi) is 4.48. The fraction of sp³-hybridized carbons (Fsp3) is 0.471. The van der Waals surface area contributed by atoms with E-state index in [4.69, 9.17) is 4.74 Å².